The van der Waals surface area contributed by atoms with Crippen LogP contribution in [0.15, 0.2) is 46.9 Å². The molecule has 162 valence electrons. The predicted molar refractivity (Wildman–Crippen MR) is 110 cm³/mol. The van der Waals surface area contributed by atoms with Crippen molar-refractivity contribution in [3.05, 3.63) is 52.5 Å². The lowest BCUT2D eigenvalue weighted by Gasteiger charge is -2.24. The first kappa shape index (κ1) is 23.7. The maximum Gasteiger partial charge on any atom is 0.416 e. The molecule has 30 heavy (non-hydrogen) atoms. The van der Waals surface area contributed by atoms with E-state index in [1.165, 1.54) is 4.90 Å². The second kappa shape index (κ2) is 9.94. The van der Waals surface area contributed by atoms with E-state index in [1.807, 2.05) is 0 Å². The van der Waals surface area contributed by atoms with Crippen molar-refractivity contribution in [3.63, 3.8) is 0 Å². The highest BCUT2D eigenvalue weighted by Crippen LogP contribution is 2.37. The van der Waals surface area contributed by atoms with Crippen molar-refractivity contribution in [2.24, 2.45) is 5.73 Å². The number of primary amides is 1. The predicted octanol–water partition coefficient (Wildman–Crippen LogP) is 4.39. The molecule has 0 heterocycles. The Balaban J connectivity index is 2.28. The van der Waals surface area contributed by atoms with E-state index in [0.717, 1.165) is 22.7 Å². The zero-order chi connectivity index (χ0) is 22.5. The summed E-state index contributed by atoms with van der Waals surface area (Å²) in [6.45, 7) is 3.15. The lowest BCUT2D eigenvalue weighted by Crippen LogP contribution is -2.43. The smallest absolute Gasteiger partial charge is 0.416 e. The Hall–Kier alpha value is -2.59. The molecule has 2 aromatic rings. The number of hydrogen-bond acceptors (Lipinski definition) is 4. The monoisotopic (exact) mass is 487 g/mol. The first-order valence-corrected chi connectivity index (χ1v) is 9.72. The quantitative estimate of drug-likeness (QED) is 0.577. The lowest BCUT2D eigenvalue weighted by molar-refractivity contribution is -0.137. The molecule has 2 aromatic carbocycles. The van der Waals surface area contributed by atoms with Gasteiger partial charge in [0.2, 0.25) is 11.8 Å². The number of hydrogen-bond donors (Lipinski definition) is 2. The minimum Gasteiger partial charge on any atom is -0.455 e. The van der Waals surface area contributed by atoms with Gasteiger partial charge in [-0.15, -0.1) is 0 Å². The standard InChI is InChI=1S/C20H21BrF3N3O3/c1-12(2)27(10-18(25)28)11-19(29)26-16-9-13(20(22,23)24)3-8-17(16)30-15-6-4-14(21)5-7-15/h3-9,12H,10-11H2,1-2H3,(H2,25,28)(H,26,29). The molecule has 2 amide bonds. The Bertz CT molecular complexity index is 902. The van der Waals surface area contributed by atoms with Crippen molar-refractivity contribution in [1.82, 2.24) is 4.90 Å². The van der Waals surface area contributed by atoms with Gasteiger partial charge in [-0.25, -0.2) is 0 Å². The summed E-state index contributed by atoms with van der Waals surface area (Å²) in [5.74, 6) is -0.796. The van der Waals surface area contributed by atoms with Gasteiger partial charge in [-0.05, 0) is 56.3 Å². The number of rotatable bonds is 8. The molecule has 3 N–H and O–H groups in total. The number of anilines is 1. The minimum absolute atomic E-state index is 0.0460. The number of carbonyl (C=O) groups excluding carboxylic acids is 2. The van der Waals surface area contributed by atoms with Gasteiger partial charge in [0.25, 0.3) is 0 Å². The van der Waals surface area contributed by atoms with Crippen LogP contribution < -0.4 is 15.8 Å². The SMILES string of the molecule is CC(C)N(CC(N)=O)CC(=O)Nc1cc(C(F)(F)F)ccc1Oc1ccc(Br)cc1. The lowest BCUT2D eigenvalue weighted by atomic mass is 10.1. The number of halogens is 4. The van der Waals surface area contributed by atoms with Crippen molar-refractivity contribution < 1.29 is 27.5 Å². The van der Waals surface area contributed by atoms with Crippen LogP contribution in [0.25, 0.3) is 0 Å². The van der Waals surface area contributed by atoms with Crippen LogP contribution in [-0.4, -0.2) is 35.8 Å². The number of benzene rings is 2. The molecule has 0 atom stereocenters. The number of nitrogens with two attached hydrogens (primary N) is 1. The molecular weight excluding hydrogens is 467 g/mol. The van der Waals surface area contributed by atoms with E-state index < -0.39 is 23.6 Å². The molecule has 0 radical (unpaired) electrons. The molecule has 6 nitrogen and oxygen atoms in total. The van der Waals surface area contributed by atoms with E-state index >= 15 is 0 Å². The number of nitrogens with one attached hydrogen (secondary N) is 1. The van der Waals surface area contributed by atoms with Gasteiger partial charge in [0.15, 0.2) is 5.75 Å². The molecule has 0 bridgehead atoms. The highest BCUT2D eigenvalue weighted by atomic mass is 79.9. The molecule has 10 heteroatoms. The Morgan fingerprint density at radius 3 is 2.30 bits per heavy atom. The van der Waals surface area contributed by atoms with Crippen LogP contribution in [0.3, 0.4) is 0 Å². The molecule has 2 rings (SSSR count). The van der Waals surface area contributed by atoms with E-state index in [0.29, 0.717) is 5.75 Å². The minimum atomic E-state index is -4.59. The summed E-state index contributed by atoms with van der Waals surface area (Å²) in [5.41, 5.74) is 4.12. The maximum atomic E-state index is 13.1. The summed E-state index contributed by atoms with van der Waals surface area (Å²) in [5, 5.41) is 2.45. The van der Waals surface area contributed by atoms with Gasteiger partial charge in [-0.3, -0.25) is 14.5 Å². The molecule has 0 spiro atoms. The molecule has 0 aliphatic rings. The van der Waals surface area contributed by atoms with Gasteiger partial charge in [0, 0.05) is 10.5 Å². The summed E-state index contributed by atoms with van der Waals surface area (Å²) < 4.78 is 45.9. The van der Waals surface area contributed by atoms with Gasteiger partial charge < -0.3 is 15.8 Å². The molecule has 0 saturated heterocycles. The molecule has 0 aliphatic carbocycles. The third-order valence-corrected chi connectivity index (χ3v) is 4.59. The normalized spacial score (nSPS) is 11.6. The third kappa shape index (κ3) is 7.03. The van der Waals surface area contributed by atoms with E-state index in [2.05, 4.69) is 21.2 Å². The summed E-state index contributed by atoms with van der Waals surface area (Å²) in [4.78, 5) is 25.2. The van der Waals surface area contributed by atoms with Crippen LogP contribution in [0.1, 0.15) is 19.4 Å². The largest absolute Gasteiger partial charge is 0.455 e. The fraction of sp³-hybridized carbons (Fsp3) is 0.300. The first-order chi connectivity index (χ1) is 14.0. The van der Waals surface area contributed by atoms with Crippen molar-refractivity contribution in [1.29, 1.82) is 0 Å². The van der Waals surface area contributed by atoms with Crippen molar-refractivity contribution in [2.75, 3.05) is 18.4 Å². The van der Waals surface area contributed by atoms with Gasteiger partial charge >= 0.3 is 6.18 Å². The Labute approximate surface area is 180 Å². The summed E-state index contributed by atoms with van der Waals surface area (Å²) in [7, 11) is 0. The second-order valence-electron chi connectivity index (χ2n) is 6.78. The highest BCUT2D eigenvalue weighted by Gasteiger charge is 2.31. The maximum absolute atomic E-state index is 13.1. The Kier molecular flexibility index (Phi) is 7.85. The van der Waals surface area contributed by atoms with Crippen LogP contribution in [0, 0.1) is 0 Å². The number of ether oxygens (including phenoxy) is 1. The molecule has 0 aliphatic heterocycles. The van der Waals surface area contributed by atoms with Gasteiger partial charge in [-0.1, -0.05) is 15.9 Å². The fourth-order valence-corrected chi connectivity index (χ4v) is 2.78. The average Bonchev–Trinajstić information content (AvgIpc) is 2.63. The van der Waals surface area contributed by atoms with E-state index in [9.17, 15) is 22.8 Å². The molecule has 0 fully saturated rings. The number of carbonyl (C=O) groups is 2. The Morgan fingerprint density at radius 1 is 1.13 bits per heavy atom. The number of alkyl halides is 3. The second-order valence-corrected chi connectivity index (χ2v) is 7.69. The topological polar surface area (TPSA) is 84.7 Å². The zero-order valence-corrected chi connectivity index (χ0v) is 17.9. The van der Waals surface area contributed by atoms with Crippen LogP contribution in [0.4, 0.5) is 18.9 Å². The first-order valence-electron chi connectivity index (χ1n) is 8.92. The number of nitrogens with zero attached hydrogens (tertiary/aromatic N) is 1. The summed E-state index contributed by atoms with van der Waals surface area (Å²) in [6.07, 6.45) is -4.59. The van der Waals surface area contributed by atoms with Crippen LogP contribution >= 0.6 is 15.9 Å². The van der Waals surface area contributed by atoms with E-state index in [-0.39, 0.29) is 30.6 Å². The van der Waals surface area contributed by atoms with Gasteiger partial charge in [-0.2, -0.15) is 13.2 Å². The van der Waals surface area contributed by atoms with Crippen molar-refractivity contribution >= 4 is 33.4 Å². The average molecular weight is 488 g/mol. The molecule has 0 saturated carbocycles. The van der Waals surface area contributed by atoms with Gasteiger partial charge in [0.1, 0.15) is 5.75 Å². The van der Waals surface area contributed by atoms with E-state index in [4.69, 9.17) is 10.5 Å². The van der Waals surface area contributed by atoms with Crippen molar-refractivity contribution in [3.8, 4) is 11.5 Å². The highest BCUT2D eigenvalue weighted by molar-refractivity contribution is 9.10. The van der Waals surface area contributed by atoms with Crippen LogP contribution in [-0.2, 0) is 15.8 Å². The number of amides is 2. The third-order valence-electron chi connectivity index (χ3n) is 4.06. The molecular formula is C20H21BrF3N3O3. The summed E-state index contributed by atoms with van der Waals surface area (Å²) >= 11 is 3.29. The fourth-order valence-electron chi connectivity index (χ4n) is 2.52. The Morgan fingerprint density at radius 2 is 1.77 bits per heavy atom. The van der Waals surface area contributed by atoms with Crippen molar-refractivity contribution in [2.45, 2.75) is 26.1 Å². The van der Waals surface area contributed by atoms with Gasteiger partial charge in [0.05, 0.1) is 24.3 Å². The van der Waals surface area contributed by atoms with Crippen LogP contribution in [0.5, 0.6) is 11.5 Å². The molecule has 0 aromatic heterocycles. The molecule has 0 unspecified atom stereocenters. The summed E-state index contributed by atoms with van der Waals surface area (Å²) in [6, 6.07) is 9.32. The van der Waals surface area contributed by atoms with Crippen LogP contribution in [0.2, 0.25) is 0 Å². The zero-order valence-electron chi connectivity index (χ0n) is 16.3. The van der Waals surface area contributed by atoms with E-state index in [1.54, 1.807) is 38.1 Å².